The Balaban J connectivity index is 0.000000154. The predicted molar refractivity (Wildman–Crippen MR) is 137 cm³/mol. The number of aliphatic carboxylic acids is 2. The van der Waals surface area contributed by atoms with Crippen LogP contribution in [-0.4, -0.2) is 35.2 Å². The van der Waals surface area contributed by atoms with Crippen molar-refractivity contribution in [3.05, 3.63) is 96.1 Å². The minimum absolute atomic E-state index is 0.0847. The van der Waals surface area contributed by atoms with Crippen molar-refractivity contribution in [2.75, 3.05) is 13.1 Å². The molecule has 0 aliphatic carbocycles. The van der Waals surface area contributed by atoms with E-state index in [9.17, 15) is 9.59 Å². The summed E-state index contributed by atoms with van der Waals surface area (Å²) in [5, 5.41) is 25.0. The molecular weight excluding hydrogens is 426 g/mol. The van der Waals surface area contributed by atoms with E-state index in [0.29, 0.717) is 0 Å². The van der Waals surface area contributed by atoms with Crippen molar-refractivity contribution < 1.29 is 19.8 Å². The van der Waals surface area contributed by atoms with Gasteiger partial charge in [0.25, 0.3) is 0 Å². The maximum atomic E-state index is 10.6. The van der Waals surface area contributed by atoms with E-state index in [1.807, 2.05) is 84.9 Å². The predicted octanol–water partition coefficient (Wildman–Crippen LogP) is 5.69. The molecule has 0 aromatic heterocycles. The first-order valence-electron chi connectivity index (χ1n) is 11.6. The number of carbonyl (C=O) groups is 2. The van der Waals surface area contributed by atoms with Crippen molar-refractivity contribution in [2.45, 2.75) is 32.1 Å². The second-order valence-corrected chi connectivity index (χ2v) is 8.23. The van der Waals surface area contributed by atoms with Crippen LogP contribution in [0.4, 0.5) is 0 Å². The highest BCUT2D eigenvalue weighted by Gasteiger charge is 2.04. The van der Waals surface area contributed by atoms with E-state index in [1.54, 1.807) is 0 Å². The third kappa shape index (κ3) is 7.71. The summed E-state index contributed by atoms with van der Waals surface area (Å²) >= 11 is 0. The van der Waals surface area contributed by atoms with Crippen molar-refractivity contribution in [3.8, 4) is 0 Å². The summed E-state index contributed by atoms with van der Waals surface area (Å²) in [6.07, 6.45) is 4.38. The Morgan fingerprint density at radius 1 is 0.588 bits per heavy atom. The minimum atomic E-state index is -0.790. The number of benzene rings is 4. The highest BCUT2D eigenvalue weighted by molar-refractivity contribution is 5.89. The molecule has 34 heavy (non-hydrogen) atoms. The Hall–Kier alpha value is -3.70. The van der Waals surface area contributed by atoms with Gasteiger partial charge in [-0.25, -0.2) is 0 Å². The van der Waals surface area contributed by atoms with E-state index in [1.165, 1.54) is 32.4 Å². The van der Waals surface area contributed by atoms with E-state index in [2.05, 4.69) is 5.32 Å². The van der Waals surface area contributed by atoms with Crippen molar-refractivity contribution in [3.63, 3.8) is 0 Å². The van der Waals surface area contributed by atoms with Crippen LogP contribution in [0.15, 0.2) is 84.9 Å². The molecule has 0 spiro atoms. The molecule has 5 nitrogen and oxygen atoms in total. The molecule has 1 heterocycles. The summed E-state index contributed by atoms with van der Waals surface area (Å²) in [6.45, 7) is 2.50. The van der Waals surface area contributed by atoms with Gasteiger partial charge in [-0.1, -0.05) is 91.3 Å². The van der Waals surface area contributed by atoms with Gasteiger partial charge in [0.05, 0.1) is 12.8 Å². The molecule has 1 aliphatic heterocycles. The lowest BCUT2D eigenvalue weighted by Crippen LogP contribution is -2.21. The van der Waals surface area contributed by atoms with Crippen molar-refractivity contribution in [2.24, 2.45) is 0 Å². The summed E-state index contributed by atoms with van der Waals surface area (Å²) in [5.74, 6) is -1.58. The van der Waals surface area contributed by atoms with Gasteiger partial charge in [0.1, 0.15) is 0 Å². The Labute approximate surface area is 200 Å². The van der Waals surface area contributed by atoms with Crippen LogP contribution in [0.1, 0.15) is 30.4 Å². The minimum Gasteiger partial charge on any atom is -0.481 e. The highest BCUT2D eigenvalue weighted by Crippen LogP contribution is 2.19. The van der Waals surface area contributed by atoms with E-state index >= 15 is 0 Å². The fourth-order valence-corrected chi connectivity index (χ4v) is 4.02. The number of fused-ring (bicyclic) bond motifs is 2. The molecule has 176 valence electrons. The first kappa shape index (κ1) is 24.9. The molecule has 0 unspecified atom stereocenters. The third-order valence-electron chi connectivity index (χ3n) is 5.65. The molecule has 3 N–H and O–H groups in total. The lowest BCUT2D eigenvalue weighted by Gasteiger charge is -2.08. The zero-order valence-electron chi connectivity index (χ0n) is 19.2. The van der Waals surface area contributed by atoms with E-state index in [-0.39, 0.29) is 12.8 Å². The average molecular weight is 458 g/mol. The Morgan fingerprint density at radius 2 is 1.00 bits per heavy atom. The first-order chi connectivity index (χ1) is 16.5. The van der Waals surface area contributed by atoms with E-state index in [4.69, 9.17) is 10.2 Å². The smallest absolute Gasteiger partial charge is 0.307 e. The van der Waals surface area contributed by atoms with Crippen LogP contribution in [0.25, 0.3) is 21.5 Å². The van der Waals surface area contributed by atoms with E-state index < -0.39 is 11.9 Å². The largest absolute Gasteiger partial charge is 0.481 e. The molecule has 0 saturated carbocycles. The SMILES string of the molecule is C1CCNCC1.O=C(O)Cc1cccc2ccccc12.O=C(O)Cc1cccc2ccccc12. The zero-order valence-corrected chi connectivity index (χ0v) is 19.2. The summed E-state index contributed by atoms with van der Waals surface area (Å²) in [7, 11) is 0. The van der Waals surface area contributed by atoms with Crippen LogP contribution in [0.2, 0.25) is 0 Å². The molecule has 5 heteroatoms. The average Bonchev–Trinajstić information content (AvgIpc) is 2.86. The quantitative estimate of drug-likeness (QED) is 0.366. The van der Waals surface area contributed by atoms with Crippen molar-refractivity contribution in [1.82, 2.24) is 5.32 Å². The Morgan fingerprint density at radius 3 is 1.35 bits per heavy atom. The number of carboxylic acids is 2. The second kappa shape index (κ2) is 13.1. The number of hydrogen-bond donors (Lipinski definition) is 3. The van der Waals surface area contributed by atoms with Gasteiger partial charge in [0.2, 0.25) is 0 Å². The first-order valence-corrected chi connectivity index (χ1v) is 11.6. The van der Waals surface area contributed by atoms with Crippen LogP contribution in [-0.2, 0) is 22.4 Å². The fraction of sp³-hybridized carbons (Fsp3) is 0.241. The molecule has 1 fully saturated rings. The van der Waals surface area contributed by atoms with Crippen LogP contribution >= 0.6 is 0 Å². The Bertz CT molecular complexity index is 1120. The number of nitrogens with one attached hydrogen (secondary N) is 1. The fourth-order valence-electron chi connectivity index (χ4n) is 4.02. The van der Waals surface area contributed by atoms with Crippen LogP contribution in [0.5, 0.6) is 0 Å². The molecule has 0 amide bonds. The van der Waals surface area contributed by atoms with Crippen LogP contribution in [0, 0.1) is 0 Å². The summed E-state index contributed by atoms with van der Waals surface area (Å²) in [4.78, 5) is 21.2. The molecule has 1 saturated heterocycles. The number of rotatable bonds is 4. The van der Waals surface area contributed by atoms with Crippen LogP contribution < -0.4 is 5.32 Å². The molecule has 5 rings (SSSR count). The van der Waals surface area contributed by atoms with Gasteiger partial charge < -0.3 is 15.5 Å². The maximum absolute atomic E-state index is 10.6. The van der Waals surface area contributed by atoms with Gasteiger partial charge in [-0.15, -0.1) is 0 Å². The monoisotopic (exact) mass is 457 g/mol. The third-order valence-corrected chi connectivity index (χ3v) is 5.65. The topological polar surface area (TPSA) is 86.6 Å². The molecule has 0 bridgehead atoms. The molecule has 4 aromatic rings. The van der Waals surface area contributed by atoms with Gasteiger partial charge in [-0.3, -0.25) is 9.59 Å². The lowest BCUT2D eigenvalue weighted by molar-refractivity contribution is -0.137. The van der Waals surface area contributed by atoms with Gasteiger partial charge >= 0.3 is 11.9 Å². The number of piperidine rings is 1. The number of carboxylic acid groups (broad SMARTS) is 2. The van der Waals surface area contributed by atoms with Crippen molar-refractivity contribution >= 4 is 33.5 Å². The molecular formula is C29H31NO4. The summed E-state index contributed by atoms with van der Waals surface area (Å²) in [6, 6.07) is 27.1. The molecule has 0 atom stereocenters. The summed E-state index contributed by atoms with van der Waals surface area (Å²) in [5.41, 5.74) is 1.74. The Kier molecular flexibility index (Phi) is 9.62. The highest BCUT2D eigenvalue weighted by atomic mass is 16.4. The number of hydrogen-bond acceptors (Lipinski definition) is 3. The van der Waals surface area contributed by atoms with E-state index in [0.717, 1.165) is 32.7 Å². The zero-order chi connectivity index (χ0) is 24.2. The maximum Gasteiger partial charge on any atom is 0.307 e. The van der Waals surface area contributed by atoms with Gasteiger partial charge in [-0.2, -0.15) is 0 Å². The molecule has 4 aromatic carbocycles. The summed E-state index contributed by atoms with van der Waals surface area (Å²) < 4.78 is 0. The molecule has 1 aliphatic rings. The van der Waals surface area contributed by atoms with Crippen molar-refractivity contribution in [1.29, 1.82) is 0 Å². The second-order valence-electron chi connectivity index (χ2n) is 8.23. The van der Waals surface area contributed by atoms with Crippen LogP contribution in [0.3, 0.4) is 0 Å². The lowest BCUT2D eigenvalue weighted by atomic mass is 10.0. The molecule has 0 radical (unpaired) electrons. The van der Waals surface area contributed by atoms with Gasteiger partial charge in [0, 0.05) is 0 Å². The van der Waals surface area contributed by atoms with Gasteiger partial charge in [-0.05, 0) is 58.6 Å². The normalized spacial score (nSPS) is 12.7. The standard InChI is InChI=1S/2C12H10O2.C5H11N/c2*13-12(14)8-10-6-3-5-9-4-1-2-7-11(9)10;1-2-4-6-5-3-1/h2*1-7H,8H2,(H,13,14);6H,1-5H2. The van der Waals surface area contributed by atoms with Gasteiger partial charge in [0.15, 0.2) is 0 Å².